The van der Waals surface area contributed by atoms with Crippen LogP contribution in [0.25, 0.3) is 0 Å². The van der Waals surface area contributed by atoms with Crippen molar-refractivity contribution >= 4 is 17.6 Å². The molecule has 1 aliphatic heterocycles. The molecule has 1 amide bonds. The van der Waals surface area contributed by atoms with Gasteiger partial charge in [-0.05, 0) is 32.9 Å². The van der Waals surface area contributed by atoms with Gasteiger partial charge in [0.2, 0.25) is 0 Å². The number of nitrogen functional groups attached to an aromatic ring is 1. The third-order valence-electron chi connectivity index (χ3n) is 3.60. The van der Waals surface area contributed by atoms with E-state index in [1.165, 1.54) is 0 Å². The Morgan fingerprint density at radius 1 is 1.30 bits per heavy atom. The fourth-order valence-corrected chi connectivity index (χ4v) is 2.44. The molecule has 2 heterocycles. The van der Waals surface area contributed by atoms with Crippen LogP contribution in [0.2, 0.25) is 0 Å². The molecule has 7 nitrogen and oxygen atoms in total. The van der Waals surface area contributed by atoms with Gasteiger partial charge < -0.3 is 20.7 Å². The molecular weight excluding hydrogens is 294 g/mol. The molecule has 1 aliphatic rings. The zero-order valence-electron chi connectivity index (χ0n) is 14.2. The Kier molecular flexibility index (Phi) is 5.65. The fraction of sp³-hybridized carbons (Fsp3) is 0.625. The summed E-state index contributed by atoms with van der Waals surface area (Å²) in [7, 11) is 0. The van der Waals surface area contributed by atoms with Crippen molar-refractivity contribution in [1.82, 2.24) is 15.2 Å². The Morgan fingerprint density at radius 3 is 2.57 bits per heavy atom. The van der Waals surface area contributed by atoms with Crippen molar-refractivity contribution in [3.05, 3.63) is 18.3 Å². The van der Waals surface area contributed by atoms with Crippen LogP contribution < -0.4 is 16.0 Å². The molecule has 0 radical (unpaired) electrons. The largest absolute Gasteiger partial charge is 0.444 e. The average Bonchev–Trinajstić information content (AvgIpc) is 2.47. The van der Waals surface area contributed by atoms with Crippen LogP contribution in [0, 0.1) is 0 Å². The minimum absolute atomic E-state index is 0.357. The third-order valence-corrected chi connectivity index (χ3v) is 3.60. The minimum atomic E-state index is -0.456. The molecule has 23 heavy (non-hydrogen) atoms. The molecule has 0 aromatic carbocycles. The van der Waals surface area contributed by atoms with Crippen molar-refractivity contribution in [3.63, 3.8) is 0 Å². The Hall–Kier alpha value is -2.02. The summed E-state index contributed by atoms with van der Waals surface area (Å²) in [6, 6.07) is 3.83. The maximum atomic E-state index is 11.6. The lowest BCUT2D eigenvalue weighted by molar-refractivity contribution is 0.0521. The van der Waals surface area contributed by atoms with Crippen molar-refractivity contribution in [2.24, 2.45) is 0 Å². The van der Waals surface area contributed by atoms with Crippen molar-refractivity contribution in [2.75, 3.05) is 49.9 Å². The number of nitrogens with two attached hydrogens (primary N) is 1. The van der Waals surface area contributed by atoms with Gasteiger partial charge in [0.25, 0.3) is 0 Å². The third kappa shape index (κ3) is 5.94. The second-order valence-electron chi connectivity index (χ2n) is 6.70. The molecule has 2 rings (SSSR count). The van der Waals surface area contributed by atoms with Gasteiger partial charge in [-0.15, -0.1) is 0 Å². The minimum Gasteiger partial charge on any atom is -0.444 e. The second kappa shape index (κ2) is 7.50. The number of nitrogens with zero attached hydrogens (tertiary/aromatic N) is 3. The van der Waals surface area contributed by atoms with Crippen LogP contribution in [0.15, 0.2) is 18.3 Å². The molecule has 0 bridgehead atoms. The molecule has 1 fully saturated rings. The maximum absolute atomic E-state index is 11.6. The van der Waals surface area contributed by atoms with Crippen LogP contribution in [0.3, 0.4) is 0 Å². The van der Waals surface area contributed by atoms with E-state index in [0.29, 0.717) is 12.4 Å². The first kappa shape index (κ1) is 17.3. The number of piperazine rings is 1. The summed E-state index contributed by atoms with van der Waals surface area (Å²) in [6.07, 6.45) is 1.46. The number of hydrogen-bond acceptors (Lipinski definition) is 6. The maximum Gasteiger partial charge on any atom is 0.407 e. The first-order valence-corrected chi connectivity index (χ1v) is 7.99. The molecule has 128 valence electrons. The number of alkyl carbamates (subject to hydrolysis) is 1. The lowest BCUT2D eigenvalue weighted by Gasteiger charge is -2.35. The standard InChI is InChI=1S/C16H27N5O2/c1-16(2,3)23-15(22)18-6-7-20-8-10-21(11-9-20)13-4-5-14(17)19-12-13/h4-5,12H,6-11H2,1-3H3,(H2,17,19)(H,18,22). The van der Waals surface area contributed by atoms with Crippen molar-refractivity contribution in [3.8, 4) is 0 Å². The van der Waals surface area contributed by atoms with Gasteiger partial charge in [-0.25, -0.2) is 9.78 Å². The highest BCUT2D eigenvalue weighted by molar-refractivity contribution is 5.67. The van der Waals surface area contributed by atoms with Crippen LogP contribution in [0.4, 0.5) is 16.3 Å². The van der Waals surface area contributed by atoms with E-state index in [9.17, 15) is 4.79 Å². The number of rotatable bonds is 4. The van der Waals surface area contributed by atoms with Crippen LogP contribution in [0.1, 0.15) is 20.8 Å². The number of hydrogen-bond donors (Lipinski definition) is 2. The monoisotopic (exact) mass is 321 g/mol. The van der Waals surface area contributed by atoms with Gasteiger partial charge >= 0.3 is 6.09 Å². The smallest absolute Gasteiger partial charge is 0.407 e. The van der Waals surface area contributed by atoms with E-state index in [2.05, 4.69) is 20.1 Å². The SMILES string of the molecule is CC(C)(C)OC(=O)NCCN1CCN(c2ccc(N)nc2)CC1. The molecule has 7 heteroatoms. The van der Waals surface area contributed by atoms with Crippen LogP contribution in [-0.4, -0.2) is 60.8 Å². The highest BCUT2D eigenvalue weighted by Crippen LogP contribution is 2.15. The first-order valence-electron chi connectivity index (χ1n) is 7.99. The second-order valence-corrected chi connectivity index (χ2v) is 6.70. The van der Waals surface area contributed by atoms with Crippen molar-refractivity contribution in [2.45, 2.75) is 26.4 Å². The average molecular weight is 321 g/mol. The Morgan fingerprint density at radius 2 is 2.00 bits per heavy atom. The molecule has 0 atom stereocenters. The molecule has 1 saturated heterocycles. The summed E-state index contributed by atoms with van der Waals surface area (Å²) in [5, 5.41) is 2.80. The summed E-state index contributed by atoms with van der Waals surface area (Å²) in [5.41, 5.74) is 6.26. The van der Waals surface area contributed by atoms with E-state index in [1.807, 2.05) is 39.1 Å². The topological polar surface area (TPSA) is 83.7 Å². The van der Waals surface area contributed by atoms with E-state index in [0.717, 1.165) is 38.4 Å². The van der Waals surface area contributed by atoms with E-state index in [1.54, 1.807) is 0 Å². The number of amides is 1. The number of pyridine rings is 1. The Labute approximate surface area is 137 Å². The fourth-order valence-electron chi connectivity index (χ4n) is 2.44. The summed E-state index contributed by atoms with van der Waals surface area (Å²) in [5.74, 6) is 0.542. The van der Waals surface area contributed by atoms with Gasteiger partial charge in [0.1, 0.15) is 11.4 Å². The Balaban J connectivity index is 1.67. The predicted molar refractivity (Wildman–Crippen MR) is 91.5 cm³/mol. The number of aromatic nitrogens is 1. The van der Waals surface area contributed by atoms with E-state index in [4.69, 9.17) is 10.5 Å². The van der Waals surface area contributed by atoms with Crippen LogP contribution >= 0.6 is 0 Å². The molecule has 3 N–H and O–H groups in total. The van der Waals surface area contributed by atoms with Gasteiger partial charge in [-0.1, -0.05) is 0 Å². The van der Waals surface area contributed by atoms with Gasteiger partial charge in [-0.2, -0.15) is 0 Å². The van der Waals surface area contributed by atoms with Gasteiger partial charge in [0, 0.05) is 39.3 Å². The molecule has 0 unspecified atom stereocenters. The number of ether oxygens (including phenoxy) is 1. The predicted octanol–water partition coefficient (Wildman–Crippen LogP) is 1.31. The number of carbonyl (C=O) groups is 1. The van der Waals surface area contributed by atoms with Gasteiger partial charge in [-0.3, -0.25) is 4.90 Å². The van der Waals surface area contributed by atoms with Gasteiger partial charge in [0.15, 0.2) is 0 Å². The summed E-state index contributed by atoms with van der Waals surface area (Å²) in [6.45, 7) is 10.8. The quantitative estimate of drug-likeness (QED) is 0.870. The molecule has 1 aromatic rings. The molecule has 0 spiro atoms. The summed E-state index contributed by atoms with van der Waals surface area (Å²) < 4.78 is 5.22. The Bertz CT molecular complexity index is 504. The number of carbonyl (C=O) groups excluding carboxylic acids is 1. The van der Waals surface area contributed by atoms with Crippen LogP contribution in [0.5, 0.6) is 0 Å². The lowest BCUT2D eigenvalue weighted by atomic mass is 10.2. The molecule has 0 aliphatic carbocycles. The van der Waals surface area contributed by atoms with E-state index in [-0.39, 0.29) is 6.09 Å². The molecule has 1 aromatic heterocycles. The first-order chi connectivity index (χ1) is 10.8. The normalized spacial score (nSPS) is 16.2. The highest BCUT2D eigenvalue weighted by Gasteiger charge is 2.18. The lowest BCUT2D eigenvalue weighted by Crippen LogP contribution is -2.48. The summed E-state index contributed by atoms with van der Waals surface area (Å²) >= 11 is 0. The number of anilines is 2. The van der Waals surface area contributed by atoms with E-state index < -0.39 is 5.60 Å². The van der Waals surface area contributed by atoms with E-state index >= 15 is 0 Å². The zero-order valence-corrected chi connectivity index (χ0v) is 14.2. The molecule has 0 saturated carbocycles. The number of nitrogens with one attached hydrogen (secondary N) is 1. The van der Waals surface area contributed by atoms with Gasteiger partial charge in [0.05, 0.1) is 11.9 Å². The zero-order chi connectivity index (χ0) is 16.9. The van der Waals surface area contributed by atoms with Crippen LogP contribution in [-0.2, 0) is 4.74 Å². The highest BCUT2D eigenvalue weighted by atomic mass is 16.6. The summed E-state index contributed by atoms with van der Waals surface area (Å²) in [4.78, 5) is 20.3. The van der Waals surface area contributed by atoms with Crippen molar-refractivity contribution < 1.29 is 9.53 Å². The molecular formula is C16H27N5O2. The van der Waals surface area contributed by atoms with Crippen molar-refractivity contribution in [1.29, 1.82) is 0 Å².